The van der Waals surface area contributed by atoms with Crippen LogP contribution in [-0.2, 0) is 19.4 Å². The number of carboxylic acids is 2. The molecule has 0 radical (unpaired) electrons. The molecular formula is C33H35NO9. The van der Waals surface area contributed by atoms with Gasteiger partial charge >= 0.3 is 23.9 Å². The Bertz CT molecular complexity index is 1350. The number of unbranched alkanes of at least 4 members (excludes halogenated alkanes) is 5. The van der Waals surface area contributed by atoms with Crippen molar-refractivity contribution in [2.75, 3.05) is 0 Å². The number of hydrogen-bond acceptors (Lipinski definition) is 8. The number of para-hydroxylation sites is 1. The van der Waals surface area contributed by atoms with Crippen LogP contribution in [0, 0.1) is 0 Å². The average Bonchev–Trinajstić information content (AvgIpc) is 3.02. The maximum absolute atomic E-state index is 11.5. The molecule has 4 aromatic rings. The number of hydrogen-bond donors (Lipinski definition) is 3. The van der Waals surface area contributed by atoms with Gasteiger partial charge in [0.1, 0.15) is 11.3 Å². The van der Waals surface area contributed by atoms with Crippen molar-refractivity contribution in [2.45, 2.75) is 51.4 Å². The topological polar surface area (TPSA) is 160 Å². The number of benzene rings is 3. The molecule has 0 saturated heterocycles. The first-order valence-corrected chi connectivity index (χ1v) is 13.8. The van der Waals surface area contributed by atoms with Gasteiger partial charge in [0, 0.05) is 24.4 Å². The molecule has 0 spiro atoms. The zero-order valence-corrected chi connectivity index (χ0v) is 23.6. The van der Waals surface area contributed by atoms with Crippen LogP contribution in [0.25, 0.3) is 10.9 Å². The van der Waals surface area contributed by atoms with E-state index in [1.807, 2.05) is 18.2 Å². The summed E-state index contributed by atoms with van der Waals surface area (Å²) in [7, 11) is 0. The number of aromatic hydroxyl groups is 1. The Balaban J connectivity index is 0.000000232. The predicted molar refractivity (Wildman–Crippen MR) is 159 cm³/mol. The minimum atomic E-state index is -0.740. The molecular weight excluding hydrogens is 554 g/mol. The third kappa shape index (κ3) is 14.3. The lowest BCUT2D eigenvalue weighted by Crippen LogP contribution is -2.11. The molecule has 43 heavy (non-hydrogen) atoms. The van der Waals surface area contributed by atoms with Crippen LogP contribution in [0.15, 0.2) is 97.2 Å². The van der Waals surface area contributed by atoms with Crippen LogP contribution in [0.1, 0.15) is 72.1 Å². The molecule has 1 aromatic heterocycles. The van der Waals surface area contributed by atoms with E-state index in [4.69, 9.17) is 10.2 Å². The number of carboxylic acid groups (broad SMARTS) is 2. The molecule has 10 heteroatoms. The van der Waals surface area contributed by atoms with Crippen molar-refractivity contribution < 1.29 is 44.3 Å². The highest BCUT2D eigenvalue weighted by molar-refractivity contribution is 5.92. The Morgan fingerprint density at radius 1 is 0.558 bits per heavy atom. The van der Waals surface area contributed by atoms with Crippen molar-refractivity contribution in [3.63, 3.8) is 0 Å². The zero-order valence-electron chi connectivity index (χ0n) is 23.6. The van der Waals surface area contributed by atoms with E-state index in [-0.39, 0.29) is 18.6 Å². The highest BCUT2D eigenvalue weighted by Crippen LogP contribution is 2.20. The first-order valence-electron chi connectivity index (χ1n) is 13.8. The molecule has 3 aromatic carbocycles. The van der Waals surface area contributed by atoms with Crippen molar-refractivity contribution in [1.29, 1.82) is 0 Å². The fraction of sp³-hybridized carbons (Fsp3) is 0.242. The molecule has 0 unspecified atom stereocenters. The lowest BCUT2D eigenvalue weighted by molar-refractivity contribution is -0.187. The molecule has 1 heterocycles. The summed E-state index contributed by atoms with van der Waals surface area (Å²) in [4.78, 5) is 56.2. The highest BCUT2D eigenvalue weighted by atomic mass is 17.2. The molecule has 3 N–H and O–H groups in total. The number of aromatic nitrogens is 1. The molecule has 226 valence electrons. The first kappa shape index (κ1) is 34.0. The molecule has 0 aliphatic heterocycles. The summed E-state index contributed by atoms with van der Waals surface area (Å²) in [6.07, 6.45) is 7.49. The van der Waals surface area contributed by atoms with Gasteiger partial charge in [0.25, 0.3) is 0 Å². The monoisotopic (exact) mass is 589 g/mol. The van der Waals surface area contributed by atoms with Crippen molar-refractivity contribution in [3.05, 3.63) is 108 Å². The van der Waals surface area contributed by atoms with E-state index >= 15 is 0 Å². The van der Waals surface area contributed by atoms with E-state index in [0.29, 0.717) is 16.6 Å². The highest BCUT2D eigenvalue weighted by Gasteiger charge is 2.13. The molecule has 0 saturated carbocycles. The number of pyridine rings is 1. The Morgan fingerprint density at radius 3 is 1.44 bits per heavy atom. The van der Waals surface area contributed by atoms with Gasteiger partial charge in [0.15, 0.2) is 0 Å². The average molecular weight is 590 g/mol. The predicted octanol–water partition coefficient (Wildman–Crippen LogP) is 6.83. The summed E-state index contributed by atoms with van der Waals surface area (Å²) in [6, 6.07) is 25.7. The van der Waals surface area contributed by atoms with Crippen molar-refractivity contribution in [3.8, 4) is 5.75 Å². The molecule has 0 aliphatic rings. The number of phenolic OH excluding ortho intramolecular Hbond substituents is 1. The molecule has 0 aliphatic carbocycles. The Kier molecular flexibility index (Phi) is 15.6. The van der Waals surface area contributed by atoms with E-state index in [1.165, 1.54) is 0 Å². The molecule has 0 bridgehead atoms. The van der Waals surface area contributed by atoms with Gasteiger partial charge in [-0.05, 0) is 49.2 Å². The summed E-state index contributed by atoms with van der Waals surface area (Å²) >= 11 is 0. The number of aliphatic carboxylic acids is 2. The van der Waals surface area contributed by atoms with Crippen LogP contribution < -0.4 is 0 Å². The minimum absolute atomic E-state index is 0.239. The van der Waals surface area contributed by atoms with Gasteiger partial charge in [0.05, 0.1) is 11.1 Å². The van der Waals surface area contributed by atoms with Crippen LogP contribution in [0.4, 0.5) is 0 Å². The van der Waals surface area contributed by atoms with Crippen LogP contribution in [0.2, 0.25) is 0 Å². The van der Waals surface area contributed by atoms with E-state index in [9.17, 15) is 24.3 Å². The van der Waals surface area contributed by atoms with E-state index in [0.717, 1.165) is 43.9 Å². The summed E-state index contributed by atoms with van der Waals surface area (Å²) in [6.45, 7) is 0. The van der Waals surface area contributed by atoms with E-state index in [2.05, 4.69) is 14.8 Å². The fourth-order valence-corrected chi connectivity index (χ4v) is 3.67. The molecule has 0 fully saturated rings. The molecule has 4 rings (SSSR count). The second kappa shape index (κ2) is 19.8. The SMILES string of the molecule is O=C(O)CCCCCCCCC(=O)O.O=C(OOC(=O)c1ccccc1)c1ccccc1.Oc1cccc2cccnc12. The lowest BCUT2D eigenvalue weighted by atomic mass is 10.1. The quantitative estimate of drug-likeness (QED) is 0.0960. The van der Waals surface area contributed by atoms with Crippen LogP contribution in [0.5, 0.6) is 5.75 Å². The number of carbonyl (C=O) groups is 4. The van der Waals surface area contributed by atoms with Gasteiger partial charge in [-0.25, -0.2) is 19.4 Å². The fourth-order valence-electron chi connectivity index (χ4n) is 3.67. The van der Waals surface area contributed by atoms with Gasteiger partial charge in [-0.1, -0.05) is 80.3 Å². The summed E-state index contributed by atoms with van der Waals surface area (Å²) < 4.78 is 0. The Morgan fingerprint density at radius 2 is 1.00 bits per heavy atom. The van der Waals surface area contributed by atoms with Crippen LogP contribution in [-0.4, -0.2) is 44.2 Å². The van der Waals surface area contributed by atoms with Crippen molar-refractivity contribution in [1.82, 2.24) is 4.98 Å². The lowest BCUT2D eigenvalue weighted by Gasteiger charge is -2.02. The number of nitrogens with zero attached hydrogens (tertiary/aromatic N) is 1. The third-order valence-electron chi connectivity index (χ3n) is 5.85. The second-order valence-corrected chi connectivity index (χ2v) is 9.23. The Hall–Kier alpha value is -5.25. The maximum atomic E-state index is 11.5. The summed E-state index contributed by atoms with van der Waals surface area (Å²) in [5.74, 6) is -2.66. The standard InChI is InChI=1S/C14H10O4.C10H18O4.C9H7NO/c15-13(11-7-3-1-4-8-11)17-18-14(16)12-9-5-2-6-10-12;11-9(12)7-5-3-1-2-4-6-8-10(13)14;11-8-5-1-3-7-4-2-6-10-9(7)8/h1-10H;1-8H2,(H,11,12)(H,13,14);1-6,11H. The van der Waals surface area contributed by atoms with Gasteiger partial charge in [-0.2, -0.15) is 0 Å². The van der Waals surface area contributed by atoms with Gasteiger partial charge in [-0.3, -0.25) is 14.6 Å². The maximum Gasteiger partial charge on any atom is 0.386 e. The largest absolute Gasteiger partial charge is 0.506 e. The van der Waals surface area contributed by atoms with Crippen LogP contribution >= 0.6 is 0 Å². The van der Waals surface area contributed by atoms with E-state index < -0.39 is 23.9 Å². The van der Waals surface area contributed by atoms with E-state index in [1.54, 1.807) is 79.0 Å². The number of fused-ring (bicyclic) bond motifs is 1. The molecule has 10 nitrogen and oxygen atoms in total. The second-order valence-electron chi connectivity index (χ2n) is 9.23. The minimum Gasteiger partial charge on any atom is -0.506 e. The van der Waals surface area contributed by atoms with Gasteiger partial charge < -0.3 is 15.3 Å². The smallest absolute Gasteiger partial charge is 0.386 e. The van der Waals surface area contributed by atoms with Crippen molar-refractivity contribution in [2.24, 2.45) is 0 Å². The van der Waals surface area contributed by atoms with Crippen molar-refractivity contribution >= 4 is 34.8 Å². The van der Waals surface area contributed by atoms with Crippen LogP contribution in [0.3, 0.4) is 0 Å². The molecule has 0 amide bonds. The van der Waals surface area contributed by atoms with Gasteiger partial charge in [0.2, 0.25) is 0 Å². The van der Waals surface area contributed by atoms with Gasteiger partial charge in [-0.15, -0.1) is 0 Å². The third-order valence-corrected chi connectivity index (χ3v) is 5.85. The first-order chi connectivity index (χ1) is 20.8. The summed E-state index contributed by atoms with van der Waals surface area (Å²) in [5, 5.41) is 27.0. The zero-order chi connectivity index (χ0) is 31.3. The number of carbonyl (C=O) groups excluding carboxylic acids is 2. The number of phenols is 1. The molecule has 0 atom stereocenters. The number of rotatable bonds is 11. The normalized spacial score (nSPS) is 9.86. The summed E-state index contributed by atoms with van der Waals surface area (Å²) in [5.41, 5.74) is 1.30. The Labute approximate surface area is 249 Å².